The minimum atomic E-state index is -0.345. The first kappa shape index (κ1) is 9.16. The van der Waals surface area contributed by atoms with Gasteiger partial charge in [0.25, 0.3) is 0 Å². The van der Waals surface area contributed by atoms with Gasteiger partial charge in [-0.05, 0) is 53.2 Å². The van der Waals surface area contributed by atoms with E-state index in [9.17, 15) is 5.11 Å². The molecule has 2 nitrogen and oxygen atoms in total. The van der Waals surface area contributed by atoms with Crippen LogP contribution in [0.25, 0.3) is 0 Å². The molecule has 1 aromatic rings. The van der Waals surface area contributed by atoms with Crippen LogP contribution in [0.4, 0.5) is 0 Å². The Kier molecular flexibility index (Phi) is 2.39. The summed E-state index contributed by atoms with van der Waals surface area (Å²) in [4.78, 5) is 4.00. The lowest BCUT2D eigenvalue weighted by molar-refractivity contribution is 0.140. The molecule has 1 fully saturated rings. The summed E-state index contributed by atoms with van der Waals surface area (Å²) in [7, 11) is 0. The van der Waals surface area contributed by atoms with Gasteiger partial charge in [-0.1, -0.05) is 0 Å². The molecule has 1 aromatic heterocycles. The molecule has 2 rings (SSSR count). The Hall–Kier alpha value is -0.410. The van der Waals surface area contributed by atoms with E-state index in [0.29, 0.717) is 0 Å². The van der Waals surface area contributed by atoms with Gasteiger partial charge in [0, 0.05) is 16.9 Å². The van der Waals surface area contributed by atoms with Crippen LogP contribution in [0.3, 0.4) is 0 Å². The average Bonchev–Trinajstić information content (AvgIpc) is 2.83. The first-order chi connectivity index (χ1) is 6.20. The molecule has 0 saturated heterocycles. The quantitative estimate of drug-likeness (QED) is 0.882. The van der Waals surface area contributed by atoms with Gasteiger partial charge in [-0.2, -0.15) is 0 Å². The molecule has 1 saturated carbocycles. The van der Waals surface area contributed by atoms with Crippen molar-refractivity contribution in [1.29, 1.82) is 0 Å². The van der Waals surface area contributed by atoms with Gasteiger partial charge in [-0.3, -0.25) is 4.98 Å². The largest absolute Gasteiger partial charge is 0.390 e. The zero-order valence-electron chi connectivity index (χ0n) is 7.33. The Morgan fingerprint density at radius 1 is 1.54 bits per heavy atom. The molecule has 3 heteroatoms. The van der Waals surface area contributed by atoms with Gasteiger partial charge in [-0.25, -0.2) is 0 Å². The van der Waals surface area contributed by atoms with Crippen LogP contribution >= 0.6 is 15.9 Å². The minimum absolute atomic E-state index is 0.345. The first-order valence-electron chi connectivity index (χ1n) is 4.50. The van der Waals surface area contributed by atoms with E-state index in [1.807, 2.05) is 6.07 Å². The number of hydrogen-bond acceptors (Lipinski definition) is 2. The maximum absolute atomic E-state index is 9.65. The van der Waals surface area contributed by atoms with E-state index in [0.717, 1.165) is 30.2 Å². The molecule has 0 aromatic carbocycles. The van der Waals surface area contributed by atoms with Gasteiger partial charge in [0.1, 0.15) is 0 Å². The van der Waals surface area contributed by atoms with E-state index >= 15 is 0 Å². The van der Waals surface area contributed by atoms with Crippen molar-refractivity contribution in [3.63, 3.8) is 0 Å². The number of pyridine rings is 1. The molecule has 0 spiro atoms. The Bertz CT molecular complexity index is 310. The van der Waals surface area contributed by atoms with Crippen molar-refractivity contribution in [1.82, 2.24) is 4.98 Å². The highest BCUT2D eigenvalue weighted by molar-refractivity contribution is 9.10. The van der Waals surface area contributed by atoms with Crippen LogP contribution in [-0.2, 0) is 6.42 Å². The van der Waals surface area contributed by atoms with E-state index in [2.05, 4.69) is 20.9 Å². The SMILES string of the molecule is OC1(CCc2ccncc2Br)CC1. The van der Waals surface area contributed by atoms with E-state index in [4.69, 9.17) is 0 Å². The normalized spacial score (nSPS) is 18.6. The van der Waals surface area contributed by atoms with Crippen molar-refractivity contribution < 1.29 is 5.11 Å². The van der Waals surface area contributed by atoms with Crippen molar-refractivity contribution in [2.45, 2.75) is 31.3 Å². The molecular formula is C10H12BrNO. The highest BCUT2D eigenvalue weighted by Crippen LogP contribution is 2.39. The van der Waals surface area contributed by atoms with Gasteiger partial charge in [0.05, 0.1) is 5.60 Å². The van der Waals surface area contributed by atoms with Gasteiger partial charge >= 0.3 is 0 Å². The second-order valence-electron chi connectivity index (χ2n) is 3.69. The van der Waals surface area contributed by atoms with Crippen LogP contribution in [0.15, 0.2) is 22.9 Å². The number of aliphatic hydroxyl groups is 1. The van der Waals surface area contributed by atoms with Crippen LogP contribution in [0.5, 0.6) is 0 Å². The number of halogens is 1. The van der Waals surface area contributed by atoms with Gasteiger partial charge < -0.3 is 5.11 Å². The maximum atomic E-state index is 9.65. The van der Waals surface area contributed by atoms with Crippen molar-refractivity contribution in [2.24, 2.45) is 0 Å². The van der Waals surface area contributed by atoms with Crippen molar-refractivity contribution in [2.75, 3.05) is 0 Å². The van der Waals surface area contributed by atoms with Crippen molar-refractivity contribution in [3.8, 4) is 0 Å². The molecule has 1 aliphatic rings. The Morgan fingerprint density at radius 3 is 2.92 bits per heavy atom. The molecule has 0 radical (unpaired) electrons. The van der Waals surface area contributed by atoms with Crippen molar-refractivity contribution >= 4 is 15.9 Å². The third-order valence-electron chi connectivity index (χ3n) is 2.54. The third kappa shape index (κ3) is 2.29. The zero-order chi connectivity index (χ0) is 9.31. The van der Waals surface area contributed by atoms with E-state index in [1.54, 1.807) is 12.4 Å². The van der Waals surface area contributed by atoms with Gasteiger partial charge in [-0.15, -0.1) is 0 Å². The van der Waals surface area contributed by atoms with Crippen LogP contribution in [-0.4, -0.2) is 15.7 Å². The molecule has 0 bridgehead atoms. The van der Waals surface area contributed by atoms with Crippen LogP contribution in [0.1, 0.15) is 24.8 Å². The number of hydrogen-bond donors (Lipinski definition) is 1. The second kappa shape index (κ2) is 3.39. The fraction of sp³-hybridized carbons (Fsp3) is 0.500. The molecule has 13 heavy (non-hydrogen) atoms. The molecule has 70 valence electrons. The summed E-state index contributed by atoms with van der Waals surface area (Å²) in [6.07, 6.45) is 7.32. The summed E-state index contributed by atoms with van der Waals surface area (Å²) in [5.74, 6) is 0. The standard InChI is InChI=1S/C10H12BrNO/c11-9-7-12-6-2-8(9)1-3-10(13)4-5-10/h2,6-7,13H,1,3-5H2. The fourth-order valence-electron chi connectivity index (χ4n) is 1.37. The zero-order valence-corrected chi connectivity index (χ0v) is 8.92. The molecular weight excluding hydrogens is 230 g/mol. The van der Waals surface area contributed by atoms with E-state index in [-0.39, 0.29) is 5.60 Å². The molecule has 0 unspecified atom stereocenters. The Morgan fingerprint density at radius 2 is 2.31 bits per heavy atom. The summed E-state index contributed by atoms with van der Waals surface area (Å²) in [5, 5.41) is 9.65. The van der Waals surface area contributed by atoms with E-state index in [1.165, 1.54) is 5.56 Å². The molecule has 1 heterocycles. The average molecular weight is 242 g/mol. The Labute approximate surface area is 86.1 Å². The summed E-state index contributed by atoms with van der Waals surface area (Å²) in [6, 6.07) is 2.00. The summed E-state index contributed by atoms with van der Waals surface area (Å²) < 4.78 is 1.04. The molecule has 0 amide bonds. The van der Waals surface area contributed by atoms with Crippen LogP contribution in [0, 0.1) is 0 Å². The van der Waals surface area contributed by atoms with Crippen LogP contribution in [0.2, 0.25) is 0 Å². The lowest BCUT2D eigenvalue weighted by Crippen LogP contribution is -2.07. The Balaban J connectivity index is 1.97. The monoisotopic (exact) mass is 241 g/mol. The lowest BCUT2D eigenvalue weighted by Gasteiger charge is -2.07. The minimum Gasteiger partial charge on any atom is -0.390 e. The summed E-state index contributed by atoms with van der Waals surface area (Å²) in [6.45, 7) is 0. The highest BCUT2D eigenvalue weighted by Gasteiger charge is 2.39. The topological polar surface area (TPSA) is 33.1 Å². The summed E-state index contributed by atoms with van der Waals surface area (Å²) in [5.41, 5.74) is 0.887. The molecule has 0 atom stereocenters. The maximum Gasteiger partial charge on any atom is 0.0653 e. The van der Waals surface area contributed by atoms with Gasteiger partial charge in [0.15, 0.2) is 0 Å². The molecule has 1 N–H and O–H groups in total. The van der Waals surface area contributed by atoms with Gasteiger partial charge in [0.2, 0.25) is 0 Å². The van der Waals surface area contributed by atoms with Crippen molar-refractivity contribution in [3.05, 3.63) is 28.5 Å². The predicted octanol–water partition coefficient (Wildman–Crippen LogP) is 2.30. The number of nitrogens with zero attached hydrogens (tertiary/aromatic N) is 1. The second-order valence-corrected chi connectivity index (χ2v) is 4.55. The molecule has 1 aliphatic carbocycles. The molecule has 0 aliphatic heterocycles. The number of aromatic nitrogens is 1. The summed E-state index contributed by atoms with van der Waals surface area (Å²) >= 11 is 3.44. The number of aryl methyl sites for hydroxylation is 1. The first-order valence-corrected chi connectivity index (χ1v) is 5.30. The van der Waals surface area contributed by atoms with Crippen LogP contribution < -0.4 is 0 Å². The lowest BCUT2D eigenvalue weighted by atomic mass is 10.1. The predicted molar refractivity (Wildman–Crippen MR) is 54.4 cm³/mol. The smallest absolute Gasteiger partial charge is 0.0653 e. The highest BCUT2D eigenvalue weighted by atomic mass is 79.9. The third-order valence-corrected chi connectivity index (χ3v) is 3.26. The fourth-order valence-corrected chi connectivity index (χ4v) is 1.82. The number of rotatable bonds is 3. The van der Waals surface area contributed by atoms with E-state index < -0.39 is 0 Å².